The first-order valence-electron chi connectivity index (χ1n) is 13.5. The second kappa shape index (κ2) is 12.8. The average Bonchev–Trinajstić information content (AvgIpc) is 3.04. The van der Waals surface area contributed by atoms with Crippen molar-refractivity contribution in [2.75, 3.05) is 0 Å². The Bertz CT molecular complexity index is 1030. The zero-order chi connectivity index (χ0) is 23.7. The third-order valence-corrected chi connectivity index (χ3v) is 14.1. The lowest BCUT2D eigenvalue weighted by Crippen LogP contribution is -2.35. The lowest BCUT2D eigenvalue weighted by molar-refractivity contribution is 0.625. The van der Waals surface area contributed by atoms with Gasteiger partial charge in [0.2, 0.25) is 0 Å². The third kappa shape index (κ3) is 6.23. The van der Waals surface area contributed by atoms with Crippen LogP contribution in [0.3, 0.4) is 0 Å². The van der Waals surface area contributed by atoms with E-state index in [9.17, 15) is 0 Å². The summed E-state index contributed by atoms with van der Waals surface area (Å²) in [6.45, 7) is 0. The molecule has 0 bridgehead atoms. The molecule has 0 heterocycles. The van der Waals surface area contributed by atoms with E-state index in [1.54, 1.807) is 15.9 Å². The molecule has 0 N–H and O–H groups in total. The van der Waals surface area contributed by atoms with Crippen LogP contribution >= 0.6 is 15.8 Å². The van der Waals surface area contributed by atoms with Gasteiger partial charge in [-0.05, 0) is 54.4 Å². The summed E-state index contributed by atoms with van der Waals surface area (Å²) in [4.78, 5) is 0. The van der Waals surface area contributed by atoms with Gasteiger partial charge in [-0.25, -0.2) is 0 Å². The van der Waals surface area contributed by atoms with E-state index in [0.29, 0.717) is 5.66 Å². The zero-order valence-electron chi connectivity index (χ0n) is 20.8. The highest BCUT2D eigenvalue weighted by Crippen LogP contribution is 2.58. The Morgan fingerprint density at radius 1 is 0.514 bits per heavy atom. The van der Waals surface area contributed by atoms with Crippen molar-refractivity contribution in [2.24, 2.45) is 0 Å². The quantitative estimate of drug-likeness (QED) is 0.301. The molecule has 2 heteroatoms. The Balaban J connectivity index is 1.63. The topological polar surface area (TPSA) is 0 Å². The number of rotatable bonds is 6. The second-order valence-electron chi connectivity index (χ2n) is 9.88. The number of allylic oxidation sites excluding steroid dienone is 4. The first-order valence-corrected chi connectivity index (χ1v) is 16.4. The summed E-state index contributed by atoms with van der Waals surface area (Å²) in [5.74, 6) is 0. The van der Waals surface area contributed by atoms with Crippen LogP contribution in [0.2, 0.25) is 0 Å². The minimum atomic E-state index is -0.419. The molecular formula is C33H38P2. The van der Waals surface area contributed by atoms with Crippen LogP contribution in [0.4, 0.5) is 0 Å². The maximum atomic E-state index is 2.54. The predicted molar refractivity (Wildman–Crippen MR) is 159 cm³/mol. The van der Waals surface area contributed by atoms with Crippen molar-refractivity contribution in [3.05, 3.63) is 115 Å². The molecule has 35 heavy (non-hydrogen) atoms. The maximum absolute atomic E-state index is 2.54. The normalized spacial score (nSPS) is 23.9. The molecule has 2 aliphatic carbocycles. The van der Waals surface area contributed by atoms with Gasteiger partial charge in [-0.1, -0.05) is 155 Å². The van der Waals surface area contributed by atoms with E-state index in [1.165, 1.54) is 51.4 Å². The van der Waals surface area contributed by atoms with E-state index in [-0.39, 0.29) is 7.92 Å². The van der Waals surface area contributed by atoms with Crippen molar-refractivity contribution in [3.8, 4) is 0 Å². The molecule has 0 saturated heterocycles. The summed E-state index contributed by atoms with van der Waals surface area (Å²) in [7, 11) is -0.726. The van der Waals surface area contributed by atoms with Gasteiger partial charge in [0.25, 0.3) is 0 Å². The Kier molecular flexibility index (Phi) is 9.03. The van der Waals surface area contributed by atoms with Crippen molar-refractivity contribution < 1.29 is 0 Å². The molecule has 1 fully saturated rings. The lowest BCUT2D eigenvalue weighted by Gasteiger charge is -2.42. The van der Waals surface area contributed by atoms with Gasteiger partial charge in [0.15, 0.2) is 0 Å². The summed E-state index contributed by atoms with van der Waals surface area (Å²) in [5.41, 5.74) is 2.12. The number of benzene rings is 3. The van der Waals surface area contributed by atoms with Crippen LogP contribution in [0.25, 0.3) is 0 Å². The highest BCUT2D eigenvalue weighted by molar-refractivity contribution is 7.75. The SMILES string of the molecule is C1=CCC(P(c2ccccc2)C2CCCCCCCC2P(c2ccccc2)c2ccccc2)C=C1. The highest BCUT2D eigenvalue weighted by Gasteiger charge is 2.39. The molecule has 0 aliphatic heterocycles. The lowest BCUT2D eigenvalue weighted by atomic mass is 10.1. The van der Waals surface area contributed by atoms with E-state index in [1.807, 2.05) is 0 Å². The van der Waals surface area contributed by atoms with Crippen molar-refractivity contribution >= 4 is 31.8 Å². The van der Waals surface area contributed by atoms with Crippen LogP contribution in [-0.2, 0) is 0 Å². The molecule has 4 unspecified atom stereocenters. The first kappa shape index (κ1) is 24.7. The van der Waals surface area contributed by atoms with E-state index in [4.69, 9.17) is 0 Å². The number of hydrogen-bond acceptors (Lipinski definition) is 0. The minimum absolute atomic E-state index is 0.307. The summed E-state index contributed by atoms with van der Waals surface area (Å²) in [5, 5.41) is 4.73. The summed E-state index contributed by atoms with van der Waals surface area (Å²) in [6.07, 6.45) is 20.4. The van der Waals surface area contributed by atoms with Crippen LogP contribution in [-0.4, -0.2) is 17.0 Å². The van der Waals surface area contributed by atoms with Gasteiger partial charge < -0.3 is 0 Å². The fourth-order valence-corrected chi connectivity index (χ4v) is 13.2. The van der Waals surface area contributed by atoms with Crippen LogP contribution in [0.1, 0.15) is 51.4 Å². The molecule has 0 radical (unpaired) electrons. The molecule has 3 aromatic carbocycles. The summed E-state index contributed by atoms with van der Waals surface area (Å²) >= 11 is 0. The first-order chi connectivity index (χ1) is 17.4. The largest absolute Gasteiger partial charge is 0.0836 e. The maximum Gasteiger partial charge on any atom is 0.00510 e. The molecule has 2 aliphatic rings. The molecule has 180 valence electrons. The highest BCUT2D eigenvalue weighted by atomic mass is 31.1. The monoisotopic (exact) mass is 496 g/mol. The molecule has 3 aromatic rings. The molecule has 0 aromatic heterocycles. The fraction of sp³-hybridized carbons (Fsp3) is 0.333. The van der Waals surface area contributed by atoms with Crippen LogP contribution in [0, 0.1) is 0 Å². The van der Waals surface area contributed by atoms with Crippen LogP contribution < -0.4 is 15.9 Å². The van der Waals surface area contributed by atoms with Gasteiger partial charge in [0, 0.05) is 5.66 Å². The Labute approximate surface area is 215 Å². The molecule has 5 rings (SSSR count). The Morgan fingerprint density at radius 3 is 1.57 bits per heavy atom. The molecule has 1 saturated carbocycles. The average molecular weight is 497 g/mol. The van der Waals surface area contributed by atoms with Gasteiger partial charge in [-0.15, -0.1) is 0 Å². The molecule has 0 amide bonds. The van der Waals surface area contributed by atoms with E-state index in [0.717, 1.165) is 11.3 Å². The third-order valence-electron chi connectivity index (χ3n) is 7.57. The molecule has 4 atom stereocenters. The number of hydrogen-bond donors (Lipinski definition) is 0. The van der Waals surface area contributed by atoms with Crippen LogP contribution in [0.15, 0.2) is 115 Å². The Hall–Kier alpha value is -2.00. The zero-order valence-corrected chi connectivity index (χ0v) is 22.5. The summed E-state index contributed by atoms with van der Waals surface area (Å²) in [6, 6.07) is 34.6. The van der Waals surface area contributed by atoms with Gasteiger partial charge in [-0.3, -0.25) is 0 Å². The molecule has 0 nitrogen and oxygen atoms in total. The van der Waals surface area contributed by atoms with Gasteiger partial charge in [-0.2, -0.15) is 0 Å². The van der Waals surface area contributed by atoms with Gasteiger partial charge >= 0.3 is 0 Å². The van der Waals surface area contributed by atoms with E-state index in [2.05, 4.69) is 115 Å². The standard InChI is InChI=1S/C33H38P2/c1-2-16-26-32(34(28-18-8-4-9-19-28)29-20-10-5-11-21-29)33(27-17-3-1)35(30-22-12-6-13-23-30)31-24-14-7-15-25-31/h4-15,18-24,31-33H,1-3,16-17,25-27H2. The van der Waals surface area contributed by atoms with E-state index < -0.39 is 7.92 Å². The van der Waals surface area contributed by atoms with Gasteiger partial charge in [0.1, 0.15) is 0 Å². The smallest absolute Gasteiger partial charge is 0.00510 e. The van der Waals surface area contributed by atoms with Gasteiger partial charge in [0.05, 0.1) is 0 Å². The fourth-order valence-electron chi connectivity index (χ4n) is 5.96. The Morgan fingerprint density at radius 2 is 1.03 bits per heavy atom. The van der Waals surface area contributed by atoms with E-state index >= 15 is 0 Å². The van der Waals surface area contributed by atoms with Crippen molar-refractivity contribution in [1.82, 2.24) is 0 Å². The summed E-state index contributed by atoms with van der Waals surface area (Å²) < 4.78 is 0. The molecular weight excluding hydrogens is 458 g/mol. The van der Waals surface area contributed by atoms with Crippen molar-refractivity contribution in [3.63, 3.8) is 0 Å². The molecule has 0 spiro atoms. The van der Waals surface area contributed by atoms with Crippen molar-refractivity contribution in [1.29, 1.82) is 0 Å². The predicted octanol–water partition coefficient (Wildman–Crippen LogP) is 8.29. The second-order valence-corrected chi connectivity index (χ2v) is 15.0. The van der Waals surface area contributed by atoms with Crippen molar-refractivity contribution in [2.45, 2.75) is 68.3 Å². The van der Waals surface area contributed by atoms with Crippen LogP contribution in [0.5, 0.6) is 0 Å². The minimum Gasteiger partial charge on any atom is -0.0836 e.